The van der Waals surface area contributed by atoms with Gasteiger partial charge in [-0.1, -0.05) is 19.1 Å². The van der Waals surface area contributed by atoms with Gasteiger partial charge in [-0.05, 0) is 31.4 Å². The normalized spacial score (nSPS) is 24.1. The number of rotatable bonds is 4. The third kappa shape index (κ3) is 2.59. The van der Waals surface area contributed by atoms with Gasteiger partial charge >= 0.3 is 0 Å². The van der Waals surface area contributed by atoms with E-state index in [0.29, 0.717) is 12.0 Å². The van der Waals surface area contributed by atoms with E-state index in [1.165, 1.54) is 6.42 Å². The number of carbonyl (C=O) groups is 1. The molecule has 108 valence electrons. The lowest BCUT2D eigenvalue weighted by atomic mass is 9.74. The lowest BCUT2D eigenvalue weighted by Crippen LogP contribution is -2.48. The maximum absolute atomic E-state index is 12.0. The van der Waals surface area contributed by atoms with Crippen molar-refractivity contribution < 1.29 is 14.3 Å². The molecule has 1 unspecified atom stereocenters. The molecule has 2 aliphatic rings. The first-order valence-electron chi connectivity index (χ1n) is 7.65. The minimum absolute atomic E-state index is 0.0760. The van der Waals surface area contributed by atoms with Gasteiger partial charge in [-0.25, -0.2) is 0 Å². The topological polar surface area (TPSA) is 35.5 Å². The van der Waals surface area contributed by atoms with Crippen molar-refractivity contribution in [1.82, 2.24) is 0 Å². The molecule has 0 amide bonds. The lowest BCUT2D eigenvalue weighted by molar-refractivity contribution is -0.153. The number of ether oxygens (including phenoxy) is 2. The minimum Gasteiger partial charge on any atom is -0.489 e. The first-order valence-corrected chi connectivity index (χ1v) is 7.65. The molecule has 0 N–H and O–H groups in total. The zero-order valence-corrected chi connectivity index (χ0v) is 12.1. The molecule has 0 aromatic heterocycles. The molecule has 3 heteroatoms. The van der Waals surface area contributed by atoms with E-state index in [0.717, 1.165) is 38.0 Å². The van der Waals surface area contributed by atoms with Gasteiger partial charge in [0.1, 0.15) is 11.9 Å². The molecule has 0 radical (unpaired) electrons. The van der Waals surface area contributed by atoms with Crippen LogP contribution in [-0.2, 0) is 4.74 Å². The first kappa shape index (κ1) is 13.6. The van der Waals surface area contributed by atoms with Crippen LogP contribution in [0, 0.1) is 0 Å². The van der Waals surface area contributed by atoms with E-state index in [1.807, 2.05) is 31.2 Å². The average Bonchev–Trinajstić information content (AvgIpc) is 2.46. The number of para-hydroxylation sites is 1. The predicted octanol–water partition coefficient (Wildman–Crippen LogP) is 3.76. The molecule has 1 spiro atoms. The van der Waals surface area contributed by atoms with Crippen LogP contribution in [-0.4, -0.2) is 24.1 Å². The number of hydrogen-bond acceptors (Lipinski definition) is 3. The summed E-state index contributed by atoms with van der Waals surface area (Å²) in [5, 5.41) is 0. The molecule has 1 atom stereocenters. The molecule has 1 aromatic carbocycles. The molecule has 20 heavy (non-hydrogen) atoms. The summed E-state index contributed by atoms with van der Waals surface area (Å²) in [6.45, 7) is 2.66. The smallest absolute Gasteiger partial charge is 0.166 e. The van der Waals surface area contributed by atoms with Crippen molar-refractivity contribution in [2.24, 2.45) is 0 Å². The van der Waals surface area contributed by atoms with Gasteiger partial charge in [0.25, 0.3) is 0 Å². The summed E-state index contributed by atoms with van der Waals surface area (Å²) >= 11 is 0. The van der Waals surface area contributed by atoms with Gasteiger partial charge in [0.15, 0.2) is 5.78 Å². The molecule has 3 rings (SSSR count). The van der Waals surface area contributed by atoms with Gasteiger partial charge in [-0.3, -0.25) is 4.79 Å². The van der Waals surface area contributed by atoms with Crippen LogP contribution in [0.4, 0.5) is 0 Å². The molecule has 1 saturated carbocycles. The molecule has 1 saturated heterocycles. The number of hydrogen-bond donors (Lipinski definition) is 0. The molecule has 2 fully saturated rings. The van der Waals surface area contributed by atoms with Crippen LogP contribution in [0.15, 0.2) is 24.3 Å². The van der Waals surface area contributed by atoms with Crippen molar-refractivity contribution in [3.63, 3.8) is 0 Å². The number of benzene rings is 1. The standard InChI is InChI=1S/C17H22O3/c1-2-15(18)14-6-3-4-7-16(14)20-13-8-11-19-17(12-13)9-5-10-17/h3-4,6-7,13H,2,5,8-12H2,1H3. The highest BCUT2D eigenvalue weighted by Crippen LogP contribution is 2.43. The highest BCUT2D eigenvalue weighted by atomic mass is 16.5. The summed E-state index contributed by atoms with van der Waals surface area (Å²) in [5.74, 6) is 0.881. The summed E-state index contributed by atoms with van der Waals surface area (Å²) in [6.07, 6.45) is 6.13. The zero-order valence-electron chi connectivity index (χ0n) is 12.1. The Morgan fingerprint density at radius 3 is 2.90 bits per heavy atom. The number of Topliss-reactive ketones (excluding diaryl/α,β-unsaturated/α-hetero) is 1. The molecule has 1 aliphatic carbocycles. The SMILES string of the molecule is CCC(=O)c1ccccc1OC1CCOC2(CCC2)C1. The van der Waals surface area contributed by atoms with E-state index in [4.69, 9.17) is 9.47 Å². The van der Waals surface area contributed by atoms with Crippen molar-refractivity contribution in [2.75, 3.05) is 6.61 Å². The van der Waals surface area contributed by atoms with Crippen LogP contribution in [0.2, 0.25) is 0 Å². The molecule has 1 aromatic rings. The van der Waals surface area contributed by atoms with Crippen LogP contribution >= 0.6 is 0 Å². The second-order valence-corrected chi connectivity index (χ2v) is 5.89. The molecule has 3 nitrogen and oxygen atoms in total. The Morgan fingerprint density at radius 1 is 1.40 bits per heavy atom. The van der Waals surface area contributed by atoms with Crippen molar-refractivity contribution in [3.05, 3.63) is 29.8 Å². The van der Waals surface area contributed by atoms with E-state index in [1.54, 1.807) is 0 Å². The van der Waals surface area contributed by atoms with Gasteiger partial charge in [-0.15, -0.1) is 0 Å². The van der Waals surface area contributed by atoms with Gasteiger partial charge < -0.3 is 9.47 Å². The summed E-state index contributed by atoms with van der Waals surface area (Å²) in [7, 11) is 0. The van der Waals surface area contributed by atoms with Crippen LogP contribution in [0.3, 0.4) is 0 Å². The van der Waals surface area contributed by atoms with Gasteiger partial charge in [0, 0.05) is 19.3 Å². The summed E-state index contributed by atoms with van der Waals surface area (Å²) in [6, 6.07) is 7.60. The zero-order chi connectivity index (χ0) is 14.0. The Labute approximate surface area is 120 Å². The Morgan fingerprint density at radius 2 is 2.20 bits per heavy atom. The second kappa shape index (κ2) is 5.57. The number of carbonyl (C=O) groups excluding carboxylic acids is 1. The Kier molecular flexibility index (Phi) is 3.79. The Hall–Kier alpha value is -1.35. The van der Waals surface area contributed by atoms with Crippen molar-refractivity contribution in [2.45, 2.75) is 57.2 Å². The maximum Gasteiger partial charge on any atom is 0.166 e. The number of ketones is 1. The summed E-state index contributed by atoms with van der Waals surface area (Å²) < 4.78 is 12.1. The fourth-order valence-electron chi connectivity index (χ4n) is 3.17. The third-order valence-corrected chi connectivity index (χ3v) is 4.51. The van der Waals surface area contributed by atoms with Crippen molar-refractivity contribution in [1.29, 1.82) is 0 Å². The van der Waals surface area contributed by atoms with E-state index in [-0.39, 0.29) is 17.5 Å². The molecule has 1 aliphatic heterocycles. The van der Waals surface area contributed by atoms with Crippen LogP contribution in [0.25, 0.3) is 0 Å². The van der Waals surface area contributed by atoms with Crippen LogP contribution in [0.1, 0.15) is 55.8 Å². The molecule has 0 bridgehead atoms. The molecule has 1 heterocycles. The molecular weight excluding hydrogens is 252 g/mol. The van der Waals surface area contributed by atoms with Crippen molar-refractivity contribution in [3.8, 4) is 5.75 Å². The average molecular weight is 274 g/mol. The van der Waals surface area contributed by atoms with E-state index in [9.17, 15) is 4.79 Å². The van der Waals surface area contributed by atoms with Gasteiger partial charge in [0.2, 0.25) is 0 Å². The summed E-state index contributed by atoms with van der Waals surface area (Å²) in [5.41, 5.74) is 0.788. The lowest BCUT2D eigenvalue weighted by Gasteiger charge is -2.47. The van der Waals surface area contributed by atoms with Crippen LogP contribution < -0.4 is 4.74 Å². The van der Waals surface area contributed by atoms with Gasteiger partial charge in [-0.2, -0.15) is 0 Å². The highest BCUT2D eigenvalue weighted by Gasteiger charge is 2.43. The van der Waals surface area contributed by atoms with E-state index in [2.05, 4.69) is 0 Å². The fraction of sp³-hybridized carbons (Fsp3) is 0.588. The van der Waals surface area contributed by atoms with Crippen LogP contribution in [0.5, 0.6) is 5.75 Å². The van der Waals surface area contributed by atoms with Crippen molar-refractivity contribution >= 4 is 5.78 Å². The molecular formula is C17H22O3. The largest absolute Gasteiger partial charge is 0.489 e. The van der Waals surface area contributed by atoms with Gasteiger partial charge in [0.05, 0.1) is 17.8 Å². The minimum atomic E-state index is 0.0760. The first-order chi connectivity index (χ1) is 9.72. The quantitative estimate of drug-likeness (QED) is 0.784. The monoisotopic (exact) mass is 274 g/mol. The second-order valence-electron chi connectivity index (χ2n) is 5.89. The Bertz CT molecular complexity index is 491. The van der Waals surface area contributed by atoms with E-state index < -0.39 is 0 Å². The Balaban J connectivity index is 1.72. The fourth-order valence-corrected chi connectivity index (χ4v) is 3.17. The maximum atomic E-state index is 12.0. The predicted molar refractivity (Wildman–Crippen MR) is 77.2 cm³/mol. The highest BCUT2D eigenvalue weighted by molar-refractivity contribution is 5.98. The third-order valence-electron chi connectivity index (χ3n) is 4.51. The summed E-state index contributed by atoms with van der Waals surface area (Å²) in [4.78, 5) is 12.0. The van der Waals surface area contributed by atoms with E-state index >= 15 is 0 Å².